The Hall–Kier alpha value is -1.99. The van der Waals surface area contributed by atoms with E-state index in [0.29, 0.717) is 18.9 Å². The molecule has 7 heteroatoms. The van der Waals surface area contributed by atoms with Gasteiger partial charge in [0.2, 0.25) is 10.0 Å². The standard InChI is InChI=1S/C13H16N4O2S/c1-2-17(10-11-5-7-15-8-6-11)20(18,19)12-3-4-13(14)16-9-12/h3-9H,2,10H2,1H3,(H2,14,16). The first-order valence-electron chi connectivity index (χ1n) is 6.14. The minimum Gasteiger partial charge on any atom is -0.384 e. The van der Waals surface area contributed by atoms with Gasteiger partial charge in [0.1, 0.15) is 10.7 Å². The number of hydrogen-bond donors (Lipinski definition) is 1. The molecule has 2 rings (SSSR count). The van der Waals surface area contributed by atoms with Crippen LogP contribution in [-0.4, -0.2) is 29.2 Å². The largest absolute Gasteiger partial charge is 0.384 e. The summed E-state index contributed by atoms with van der Waals surface area (Å²) in [5.41, 5.74) is 6.36. The molecule has 0 unspecified atom stereocenters. The molecule has 0 spiro atoms. The Bertz CT molecular complexity index is 657. The number of anilines is 1. The van der Waals surface area contributed by atoms with Crippen molar-refractivity contribution in [2.75, 3.05) is 12.3 Å². The van der Waals surface area contributed by atoms with Crippen LogP contribution in [-0.2, 0) is 16.6 Å². The molecule has 6 nitrogen and oxygen atoms in total. The summed E-state index contributed by atoms with van der Waals surface area (Å²) in [4.78, 5) is 7.89. The molecule has 0 amide bonds. The molecule has 20 heavy (non-hydrogen) atoms. The average Bonchev–Trinajstić information content (AvgIpc) is 2.46. The van der Waals surface area contributed by atoms with Gasteiger partial charge in [-0.25, -0.2) is 13.4 Å². The van der Waals surface area contributed by atoms with Crippen LogP contribution in [0.25, 0.3) is 0 Å². The van der Waals surface area contributed by atoms with Crippen LogP contribution in [0.1, 0.15) is 12.5 Å². The van der Waals surface area contributed by atoms with Gasteiger partial charge in [-0.3, -0.25) is 4.98 Å². The number of nitrogens with zero attached hydrogens (tertiary/aromatic N) is 3. The number of nitrogens with two attached hydrogens (primary N) is 1. The van der Waals surface area contributed by atoms with Crippen molar-refractivity contribution in [3.8, 4) is 0 Å². The van der Waals surface area contributed by atoms with Crippen LogP contribution in [0.4, 0.5) is 5.82 Å². The van der Waals surface area contributed by atoms with Crippen molar-refractivity contribution < 1.29 is 8.42 Å². The molecule has 106 valence electrons. The summed E-state index contributed by atoms with van der Waals surface area (Å²) in [5.74, 6) is 0.293. The predicted molar refractivity (Wildman–Crippen MR) is 76.2 cm³/mol. The van der Waals surface area contributed by atoms with E-state index in [-0.39, 0.29) is 4.90 Å². The monoisotopic (exact) mass is 292 g/mol. The fourth-order valence-corrected chi connectivity index (χ4v) is 3.13. The normalized spacial score (nSPS) is 11.7. The average molecular weight is 292 g/mol. The van der Waals surface area contributed by atoms with E-state index in [9.17, 15) is 8.42 Å². The summed E-state index contributed by atoms with van der Waals surface area (Å²) in [5, 5.41) is 0. The molecule has 0 aliphatic heterocycles. The first kappa shape index (κ1) is 14.4. The molecule has 0 saturated heterocycles. The van der Waals surface area contributed by atoms with E-state index in [1.807, 2.05) is 0 Å². The van der Waals surface area contributed by atoms with Crippen molar-refractivity contribution >= 4 is 15.8 Å². The Labute approximate surface area is 118 Å². The number of nitrogen functional groups attached to an aromatic ring is 1. The Balaban J connectivity index is 2.28. The van der Waals surface area contributed by atoms with Crippen LogP contribution in [0.15, 0.2) is 47.8 Å². The van der Waals surface area contributed by atoms with E-state index in [2.05, 4.69) is 9.97 Å². The maximum atomic E-state index is 12.5. The van der Waals surface area contributed by atoms with Gasteiger partial charge in [0.15, 0.2) is 0 Å². The number of hydrogen-bond acceptors (Lipinski definition) is 5. The number of pyridine rings is 2. The lowest BCUT2D eigenvalue weighted by Crippen LogP contribution is -2.30. The lowest BCUT2D eigenvalue weighted by molar-refractivity contribution is 0.423. The molecule has 0 atom stereocenters. The third-order valence-electron chi connectivity index (χ3n) is 2.86. The van der Waals surface area contributed by atoms with Gasteiger partial charge >= 0.3 is 0 Å². The number of sulfonamides is 1. The summed E-state index contributed by atoms with van der Waals surface area (Å²) >= 11 is 0. The lowest BCUT2D eigenvalue weighted by atomic mass is 10.3. The van der Waals surface area contributed by atoms with Crippen LogP contribution < -0.4 is 5.73 Å². The molecule has 0 aromatic carbocycles. The van der Waals surface area contributed by atoms with Gasteiger partial charge in [-0.2, -0.15) is 4.31 Å². The van der Waals surface area contributed by atoms with Crippen LogP contribution in [0, 0.1) is 0 Å². The van der Waals surface area contributed by atoms with Crippen molar-refractivity contribution in [3.05, 3.63) is 48.4 Å². The molecular weight excluding hydrogens is 276 g/mol. The fraction of sp³-hybridized carbons (Fsp3) is 0.231. The quantitative estimate of drug-likeness (QED) is 0.896. The van der Waals surface area contributed by atoms with E-state index in [1.165, 1.54) is 22.6 Å². The highest BCUT2D eigenvalue weighted by Crippen LogP contribution is 2.17. The maximum Gasteiger partial charge on any atom is 0.244 e. The first-order chi connectivity index (χ1) is 9.54. The van der Waals surface area contributed by atoms with Crippen LogP contribution >= 0.6 is 0 Å². The van der Waals surface area contributed by atoms with Gasteiger partial charge in [-0.15, -0.1) is 0 Å². The van der Waals surface area contributed by atoms with E-state index >= 15 is 0 Å². The fourth-order valence-electron chi connectivity index (χ4n) is 1.75. The van der Waals surface area contributed by atoms with Gasteiger partial charge in [0.05, 0.1) is 0 Å². The zero-order chi connectivity index (χ0) is 14.6. The van der Waals surface area contributed by atoms with Gasteiger partial charge in [-0.1, -0.05) is 6.92 Å². The molecule has 0 saturated carbocycles. The predicted octanol–water partition coefficient (Wildman–Crippen LogP) is 1.27. The summed E-state index contributed by atoms with van der Waals surface area (Å²) in [6.45, 7) is 2.46. The van der Waals surface area contributed by atoms with E-state index in [1.54, 1.807) is 31.5 Å². The van der Waals surface area contributed by atoms with Crippen molar-refractivity contribution in [2.45, 2.75) is 18.4 Å². The summed E-state index contributed by atoms with van der Waals surface area (Å²) in [6, 6.07) is 6.53. The van der Waals surface area contributed by atoms with Crippen molar-refractivity contribution in [1.29, 1.82) is 0 Å². The highest BCUT2D eigenvalue weighted by atomic mass is 32.2. The van der Waals surface area contributed by atoms with Gasteiger partial charge in [0, 0.05) is 31.7 Å². The van der Waals surface area contributed by atoms with E-state index in [4.69, 9.17) is 5.73 Å². The third-order valence-corrected chi connectivity index (χ3v) is 4.76. The van der Waals surface area contributed by atoms with Crippen LogP contribution in [0.2, 0.25) is 0 Å². The second kappa shape index (κ2) is 5.98. The van der Waals surface area contributed by atoms with Gasteiger partial charge in [0.25, 0.3) is 0 Å². The summed E-state index contributed by atoms with van der Waals surface area (Å²) in [7, 11) is -3.57. The third kappa shape index (κ3) is 3.12. The molecule has 0 aliphatic carbocycles. The highest BCUT2D eigenvalue weighted by molar-refractivity contribution is 7.89. The molecule has 0 bridgehead atoms. The second-order valence-electron chi connectivity index (χ2n) is 4.21. The molecule has 0 fully saturated rings. The Morgan fingerprint density at radius 3 is 2.45 bits per heavy atom. The van der Waals surface area contributed by atoms with Crippen LogP contribution in [0.5, 0.6) is 0 Å². The zero-order valence-electron chi connectivity index (χ0n) is 11.1. The Kier molecular flexibility index (Phi) is 4.31. The SMILES string of the molecule is CCN(Cc1ccncc1)S(=O)(=O)c1ccc(N)nc1. The lowest BCUT2D eigenvalue weighted by Gasteiger charge is -2.20. The second-order valence-corrected chi connectivity index (χ2v) is 6.14. The molecule has 2 aromatic rings. The molecule has 2 N–H and O–H groups in total. The minimum atomic E-state index is -3.57. The zero-order valence-corrected chi connectivity index (χ0v) is 11.9. The number of aromatic nitrogens is 2. The molecule has 2 aromatic heterocycles. The van der Waals surface area contributed by atoms with E-state index < -0.39 is 10.0 Å². The Morgan fingerprint density at radius 1 is 1.20 bits per heavy atom. The molecule has 0 aliphatic rings. The summed E-state index contributed by atoms with van der Waals surface area (Å²) < 4.78 is 26.4. The molecule has 0 radical (unpaired) electrons. The van der Waals surface area contributed by atoms with Crippen molar-refractivity contribution in [3.63, 3.8) is 0 Å². The van der Waals surface area contributed by atoms with Crippen molar-refractivity contribution in [2.24, 2.45) is 0 Å². The van der Waals surface area contributed by atoms with Crippen LogP contribution in [0.3, 0.4) is 0 Å². The summed E-state index contributed by atoms with van der Waals surface area (Å²) in [6.07, 6.45) is 4.56. The van der Waals surface area contributed by atoms with E-state index in [0.717, 1.165) is 5.56 Å². The number of rotatable bonds is 5. The molecular formula is C13H16N4O2S. The maximum absolute atomic E-state index is 12.5. The topological polar surface area (TPSA) is 89.2 Å². The van der Waals surface area contributed by atoms with Crippen molar-refractivity contribution in [1.82, 2.24) is 14.3 Å². The smallest absolute Gasteiger partial charge is 0.244 e. The molecule has 2 heterocycles. The Morgan fingerprint density at radius 2 is 1.90 bits per heavy atom. The minimum absolute atomic E-state index is 0.141. The highest BCUT2D eigenvalue weighted by Gasteiger charge is 2.23. The van der Waals surface area contributed by atoms with Gasteiger partial charge in [-0.05, 0) is 29.8 Å². The first-order valence-corrected chi connectivity index (χ1v) is 7.58. The van der Waals surface area contributed by atoms with Gasteiger partial charge < -0.3 is 5.73 Å².